The molecule has 0 aromatic heterocycles. The van der Waals surface area contributed by atoms with E-state index in [1.165, 1.54) is 39.1 Å². The molecule has 0 spiro atoms. The first-order valence-corrected chi connectivity index (χ1v) is 6.85. The molecule has 17 heavy (non-hydrogen) atoms. The molecule has 1 aliphatic rings. The first-order valence-electron chi connectivity index (χ1n) is 6.85. The van der Waals surface area contributed by atoms with E-state index in [1.54, 1.807) is 0 Å². The third-order valence-corrected chi connectivity index (χ3v) is 3.76. The van der Waals surface area contributed by atoms with Crippen molar-refractivity contribution in [2.75, 3.05) is 46.3 Å². The Morgan fingerprint density at radius 2 is 1.47 bits per heavy atom. The Morgan fingerprint density at radius 3 is 1.94 bits per heavy atom. The van der Waals surface area contributed by atoms with Gasteiger partial charge < -0.3 is 15.5 Å². The minimum Gasteiger partial charge on any atom is -0.330 e. The van der Waals surface area contributed by atoms with Gasteiger partial charge in [-0.3, -0.25) is 0 Å². The molecule has 0 unspecified atom stereocenters. The minimum atomic E-state index is 0.260. The molecule has 2 N–H and O–H groups in total. The maximum atomic E-state index is 5.84. The average Bonchev–Trinajstić information content (AvgIpc) is 2.20. The summed E-state index contributed by atoms with van der Waals surface area (Å²) in [6.45, 7) is 16.1. The number of piperazine rings is 1. The zero-order chi connectivity index (χ0) is 13.1. The average molecular weight is 241 g/mol. The number of rotatable bonds is 5. The maximum Gasteiger partial charge on any atom is 0.0110 e. The normalized spacial score (nSPS) is 20.8. The van der Waals surface area contributed by atoms with Gasteiger partial charge in [0, 0.05) is 32.7 Å². The molecular weight excluding hydrogens is 210 g/mol. The molecule has 0 aromatic rings. The fourth-order valence-electron chi connectivity index (χ4n) is 3.03. The van der Waals surface area contributed by atoms with Gasteiger partial charge in [0.05, 0.1) is 0 Å². The second-order valence-electron chi connectivity index (χ2n) is 7.29. The van der Waals surface area contributed by atoms with Gasteiger partial charge in [-0.2, -0.15) is 0 Å². The van der Waals surface area contributed by atoms with E-state index in [0.29, 0.717) is 5.41 Å². The van der Waals surface area contributed by atoms with Gasteiger partial charge >= 0.3 is 0 Å². The smallest absolute Gasteiger partial charge is 0.0110 e. The molecule has 0 amide bonds. The van der Waals surface area contributed by atoms with Gasteiger partial charge in [-0.25, -0.2) is 0 Å². The lowest BCUT2D eigenvalue weighted by Crippen LogP contribution is -2.48. The van der Waals surface area contributed by atoms with E-state index < -0.39 is 0 Å². The van der Waals surface area contributed by atoms with Crippen LogP contribution in [0.2, 0.25) is 0 Å². The second-order valence-corrected chi connectivity index (χ2v) is 7.29. The Labute approximate surface area is 107 Å². The Hall–Kier alpha value is -0.120. The molecule has 3 nitrogen and oxygen atoms in total. The van der Waals surface area contributed by atoms with E-state index in [2.05, 4.69) is 44.5 Å². The standard InChI is InChI=1S/C14H31N3/c1-13(2,11-15)10-14(3,4)12-17-8-6-16(5)7-9-17/h6-12,15H2,1-5H3. The molecule has 102 valence electrons. The highest BCUT2D eigenvalue weighted by atomic mass is 15.2. The second kappa shape index (κ2) is 5.68. The van der Waals surface area contributed by atoms with Crippen molar-refractivity contribution in [1.82, 2.24) is 9.80 Å². The van der Waals surface area contributed by atoms with Crippen molar-refractivity contribution >= 4 is 0 Å². The molecule has 1 aliphatic heterocycles. The van der Waals surface area contributed by atoms with Crippen molar-refractivity contribution in [3.05, 3.63) is 0 Å². The summed E-state index contributed by atoms with van der Waals surface area (Å²) in [6.07, 6.45) is 1.20. The Morgan fingerprint density at radius 1 is 0.941 bits per heavy atom. The van der Waals surface area contributed by atoms with Crippen molar-refractivity contribution in [1.29, 1.82) is 0 Å². The summed E-state index contributed by atoms with van der Waals surface area (Å²) in [6, 6.07) is 0. The molecular formula is C14H31N3. The van der Waals surface area contributed by atoms with Gasteiger partial charge in [0.2, 0.25) is 0 Å². The third kappa shape index (κ3) is 5.36. The first-order chi connectivity index (χ1) is 7.74. The van der Waals surface area contributed by atoms with E-state index in [0.717, 1.165) is 6.54 Å². The molecule has 0 radical (unpaired) electrons. The molecule has 0 aliphatic carbocycles. The van der Waals surface area contributed by atoms with Crippen LogP contribution in [-0.2, 0) is 0 Å². The van der Waals surface area contributed by atoms with Crippen LogP contribution in [0.15, 0.2) is 0 Å². The van der Waals surface area contributed by atoms with Crippen LogP contribution in [0, 0.1) is 10.8 Å². The van der Waals surface area contributed by atoms with Gasteiger partial charge in [0.1, 0.15) is 0 Å². The van der Waals surface area contributed by atoms with E-state index >= 15 is 0 Å². The predicted octanol–water partition coefficient (Wildman–Crippen LogP) is 1.64. The summed E-state index contributed by atoms with van der Waals surface area (Å²) < 4.78 is 0. The monoisotopic (exact) mass is 241 g/mol. The van der Waals surface area contributed by atoms with Crippen LogP contribution in [0.5, 0.6) is 0 Å². The molecule has 1 saturated heterocycles. The van der Waals surface area contributed by atoms with Crippen LogP contribution < -0.4 is 5.73 Å². The van der Waals surface area contributed by atoms with Crippen molar-refractivity contribution in [3.8, 4) is 0 Å². The lowest BCUT2D eigenvalue weighted by molar-refractivity contribution is 0.0860. The van der Waals surface area contributed by atoms with Crippen molar-refractivity contribution in [2.24, 2.45) is 16.6 Å². The molecule has 1 rings (SSSR count). The zero-order valence-corrected chi connectivity index (χ0v) is 12.4. The molecule has 1 fully saturated rings. The van der Waals surface area contributed by atoms with E-state index in [4.69, 9.17) is 5.73 Å². The number of likely N-dealkylation sites (N-methyl/N-ethyl adjacent to an activating group) is 1. The number of hydrogen-bond donors (Lipinski definition) is 1. The van der Waals surface area contributed by atoms with Gasteiger partial charge in [0.15, 0.2) is 0 Å². The molecule has 3 heteroatoms. The summed E-state index contributed by atoms with van der Waals surface area (Å²) in [5.74, 6) is 0. The molecule has 0 aromatic carbocycles. The van der Waals surface area contributed by atoms with Crippen molar-refractivity contribution < 1.29 is 0 Å². The fraction of sp³-hybridized carbons (Fsp3) is 1.00. The Kier molecular flexibility index (Phi) is 4.99. The van der Waals surface area contributed by atoms with Crippen LogP contribution in [0.4, 0.5) is 0 Å². The lowest BCUT2D eigenvalue weighted by Gasteiger charge is -2.40. The molecule has 1 heterocycles. The zero-order valence-electron chi connectivity index (χ0n) is 12.4. The summed E-state index contributed by atoms with van der Waals surface area (Å²) >= 11 is 0. The Balaban J connectivity index is 2.43. The quantitative estimate of drug-likeness (QED) is 0.794. The summed E-state index contributed by atoms with van der Waals surface area (Å²) in [5.41, 5.74) is 6.46. The molecule has 0 saturated carbocycles. The van der Waals surface area contributed by atoms with Gasteiger partial charge in [-0.15, -0.1) is 0 Å². The minimum absolute atomic E-state index is 0.260. The highest BCUT2D eigenvalue weighted by Gasteiger charge is 2.30. The Bertz CT molecular complexity index is 228. The third-order valence-electron chi connectivity index (χ3n) is 3.76. The topological polar surface area (TPSA) is 32.5 Å². The molecule has 0 bridgehead atoms. The van der Waals surface area contributed by atoms with Crippen LogP contribution in [-0.4, -0.2) is 56.1 Å². The van der Waals surface area contributed by atoms with E-state index in [-0.39, 0.29) is 5.41 Å². The highest BCUT2D eigenvalue weighted by Crippen LogP contribution is 2.33. The SMILES string of the molecule is CN1CCN(CC(C)(C)CC(C)(C)CN)CC1. The van der Waals surface area contributed by atoms with Crippen molar-refractivity contribution in [2.45, 2.75) is 34.1 Å². The van der Waals surface area contributed by atoms with Crippen LogP contribution in [0.3, 0.4) is 0 Å². The van der Waals surface area contributed by atoms with Gasteiger partial charge in [-0.1, -0.05) is 27.7 Å². The number of hydrogen-bond acceptors (Lipinski definition) is 3. The van der Waals surface area contributed by atoms with Crippen LogP contribution >= 0.6 is 0 Å². The van der Waals surface area contributed by atoms with E-state index in [1.807, 2.05) is 0 Å². The van der Waals surface area contributed by atoms with Gasteiger partial charge in [0.25, 0.3) is 0 Å². The number of nitrogens with zero attached hydrogens (tertiary/aromatic N) is 2. The van der Waals surface area contributed by atoms with Crippen molar-refractivity contribution in [3.63, 3.8) is 0 Å². The van der Waals surface area contributed by atoms with Gasteiger partial charge in [-0.05, 0) is 30.8 Å². The lowest BCUT2D eigenvalue weighted by atomic mass is 9.75. The number of nitrogens with two attached hydrogens (primary N) is 1. The van der Waals surface area contributed by atoms with E-state index in [9.17, 15) is 0 Å². The molecule has 0 atom stereocenters. The maximum absolute atomic E-state index is 5.84. The largest absolute Gasteiger partial charge is 0.330 e. The van der Waals surface area contributed by atoms with Crippen LogP contribution in [0.25, 0.3) is 0 Å². The highest BCUT2D eigenvalue weighted by molar-refractivity contribution is 4.83. The predicted molar refractivity (Wildman–Crippen MR) is 75.2 cm³/mol. The summed E-state index contributed by atoms with van der Waals surface area (Å²) in [5, 5.41) is 0. The summed E-state index contributed by atoms with van der Waals surface area (Å²) in [7, 11) is 2.21. The van der Waals surface area contributed by atoms with Crippen LogP contribution in [0.1, 0.15) is 34.1 Å². The summed E-state index contributed by atoms with van der Waals surface area (Å²) in [4.78, 5) is 5.01. The first kappa shape index (κ1) is 14.9. The fourth-order valence-corrected chi connectivity index (χ4v) is 3.03.